The van der Waals surface area contributed by atoms with Crippen LogP contribution < -0.4 is 0 Å². The molecule has 2 fully saturated rings. The Hall–Kier alpha value is -1.54. The van der Waals surface area contributed by atoms with Crippen molar-refractivity contribution < 1.29 is 9.00 Å². The molecule has 0 spiro atoms. The normalized spacial score (nSPS) is 31.4. The van der Waals surface area contributed by atoms with Gasteiger partial charge in [0.05, 0.1) is 0 Å². The number of ketones is 1. The number of aromatic nitrogens is 1. The molecule has 0 aliphatic carbocycles. The zero-order chi connectivity index (χ0) is 15.0. The van der Waals surface area contributed by atoms with Gasteiger partial charge in [0.15, 0.2) is 5.78 Å². The first-order chi connectivity index (χ1) is 10.1. The fourth-order valence-corrected chi connectivity index (χ4v) is 5.70. The lowest BCUT2D eigenvalue weighted by atomic mass is 9.84. The van der Waals surface area contributed by atoms with Gasteiger partial charge in [0.2, 0.25) is 0 Å². The third-order valence-electron chi connectivity index (χ3n) is 4.64. The first kappa shape index (κ1) is 14.4. The maximum Gasteiger partial charge on any atom is 0.167 e. The molecule has 2 aliphatic rings. The molecule has 0 aromatic carbocycles. The molecule has 3 heterocycles. The van der Waals surface area contributed by atoms with Gasteiger partial charge < -0.3 is 0 Å². The van der Waals surface area contributed by atoms with E-state index in [-0.39, 0.29) is 22.2 Å². The van der Waals surface area contributed by atoms with Crippen LogP contribution in [-0.4, -0.2) is 25.5 Å². The number of aryl methyl sites for hydroxylation is 1. The fraction of sp³-hybridized carbons (Fsp3) is 0.562. The van der Waals surface area contributed by atoms with E-state index in [4.69, 9.17) is 5.26 Å². The zero-order valence-electron chi connectivity index (χ0n) is 12.0. The van der Waals surface area contributed by atoms with E-state index < -0.39 is 10.8 Å². The highest BCUT2D eigenvalue weighted by molar-refractivity contribution is 7.86. The van der Waals surface area contributed by atoms with Crippen LogP contribution in [0.1, 0.15) is 53.7 Å². The molecule has 3 rings (SSSR count). The third kappa shape index (κ3) is 2.65. The van der Waals surface area contributed by atoms with Crippen molar-refractivity contribution in [3.05, 3.63) is 29.1 Å². The van der Waals surface area contributed by atoms with Gasteiger partial charge >= 0.3 is 0 Å². The summed E-state index contributed by atoms with van der Waals surface area (Å²) >= 11 is 0. The van der Waals surface area contributed by atoms with Gasteiger partial charge in [-0.25, -0.2) is 4.98 Å². The van der Waals surface area contributed by atoms with Crippen LogP contribution in [-0.2, 0) is 10.8 Å². The van der Waals surface area contributed by atoms with Gasteiger partial charge in [0, 0.05) is 39.0 Å². The van der Waals surface area contributed by atoms with E-state index in [9.17, 15) is 9.00 Å². The molecule has 2 bridgehead atoms. The summed E-state index contributed by atoms with van der Waals surface area (Å²) in [5, 5.41) is 9.29. The van der Waals surface area contributed by atoms with Crippen molar-refractivity contribution in [3.63, 3.8) is 0 Å². The first-order valence-corrected chi connectivity index (χ1v) is 8.68. The summed E-state index contributed by atoms with van der Waals surface area (Å²) in [6.07, 6.45) is 6.09. The summed E-state index contributed by atoms with van der Waals surface area (Å²) in [5.74, 6) is 0.0656. The molecule has 4 nitrogen and oxygen atoms in total. The smallest absolute Gasteiger partial charge is 0.167 e. The quantitative estimate of drug-likeness (QED) is 0.787. The number of nitrogens with zero attached hydrogens (tertiary/aromatic N) is 2. The van der Waals surface area contributed by atoms with Crippen molar-refractivity contribution in [2.75, 3.05) is 0 Å². The Labute approximate surface area is 127 Å². The summed E-state index contributed by atoms with van der Waals surface area (Å²) in [6.45, 7) is 1.80. The fourth-order valence-electron chi connectivity index (χ4n) is 3.51. The molecule has 2 unspecified atom stereocenters. The Kier molecular flexibility index (Phi) is 3.90. The van der Waals surface area contributed by atoms with Crippen LogP contribution in [0.2, 0.25) is 0 Å². The highest BCUT2D eigenvalue weighted by atomic mass is 32.2. The molecule has 5 heteroatoms. The van der Waals surface area contributed by atoms with Crippen LogP contribution in [0.15, 0.2) is 12.3 Å². The molecule has 1 aromatic rings. The average Bonchev–Trinajstić information content (AvgIpc) is 2.46. The molecular formula is C16H18N2O2S. The van der Waals surface area contributed by atoms with Crippen LogP contribution in [0.3, 0.4) is 0 Å². The van der Waals surface area contributed by atoms with Gasteiger partial charge in [0.25, 0.3) is 0 Å². The second-order valence-corrected chi connectivity index (χ2v) is 8.03. The van der Waals surface area contributed by atoms with Gasteiger partial charge in [0.1, 0.15) is 11.8 Å². The van der Waals surface area contributed by atoms with Gasteiger partial charge in [-0.05, 0) is 44.2 Å². The zero-order valence-corrected chi connectivity index (χ0v) is 12.9. The monoisotopic (exact) mass is 302 g/mol. The first-order valence-electron chi connectivity index (χ1n) is 7.40. The van der Waals surface area contributed by atoms with E-state index in [1.807, 2.05) is 6.07 Å². The molecule has 1 aromatic heterocycles. The average molecular weight is 302 g/mol. The van der Waals surface area contributed by atoms with Crippen LogP contribution in [0.25, 0.3) is 0 Å². The standard InChI is InChI=1S/C16H18N2O2S/c1-10-5-12(9-18-15(10)8-17)16(19)11-6-13-3-2-4-14(7-11)21(13)20/h5,9,11,13-14H,2-4,6-7H2,1H3. The molecule has 2 atom stereocenters. The number of fused-ring (bicyclic) bond motifs is 2. The van der Waals surface area contributed by atoms with Crippen LogP contribution in [0.5, 0.6) is 0 Å². The van der Waals surface area contributed by atoms with Crippen molar-refractivity contribution in [1.82, 2.24) is 4.98 Å². The Balaban J connectivity index is 1.81. The summed E-state index contributed by atoms with van der Waals surface area (Å²) in [4.78, 5) is 16.7. The molecule has 110 valence electrons. The topological polar surface area (TPSA) is 70.8 Å². The largest absolute Gasteiger partial charge is 0.294 e. The lowest BCUT2D eigenvalue weighted by molar-refractivity contribution is 0.0895. The molecule has 2 saturated heterocycles. The summed E-state index contributed by atoms with van der Waals surface area (Å²) < 4.78 is 12.2. The minimum Gasteiger partial charge on any atom is -0.294 e. The van der Waals surface area contributed by atoms with Crippen molar-refractivity contribution in [2.45, 2.75) is 49.5 Å². The van der Waals surface area contributed by atoms with Crippen molar-refractivity contribution in [2.24, 2.45) is 5.92 Å². The Bertz CT molecular complexity index is 634. The Morgan fingerprint density at radius 1 is 1.38 bits per heavy atom. The second kappa shape index (κ2) is 5.69. The molecule has 2 aliphatic heterocycles. The number of hydrogen-bond donors (Lipinski definition) is 0. The number of nitriles is 1. The highest BCUT2D eigenvalue weighted by Gasteiger charge is 2.40. The summed E-state index contributed by atoms with van der Waals surface area (Å²) in [6, 6.07) is 3.78. The molecule has 0 radical (unpaired) electrons. The highest BCUT2D eigenvalue weighted by Crippen LogP contribution is 2.38. The Morgan fingerprint density at radius 3 is 2.62 bits per heavy atom. The molecule has 0 N–H and O–H groups in total. The number of rotatable bonds is 2. The molecule has 21 heavy (non-hydrogen) atoms. The van der Waals surface area contributed by atoms with Crippen molar-refractivity contribution in [1.29, 1.82) is 5.26 Å². The van der Waals surface area contributed by atoms with Crippen molar-refractivity contribution in [3.8, 4) is 6.07 Å². The maximum absolute atomic E-state index is 12.7. The lowest BCUT2D eigenvalue weighted by Gasteiger charge is -2.37. The lowest BCUT2D eigenvalue weighted by Crippen LogP contribution is -2.41. The number of hydrogen-bond acceptors (Lipinski definition) is 4. The SMILES string of the molecule is Cc1cc(C(=O)C2CC3CCCC(C2)S3=O)cnc1C#N. The van der Waals surface area contributed by atoms with Gasteiger partial charge in [-0.2, -0.15) is 5.26 Å². The van der Waals surface area contributed by atoms with Gasteiger partial charge in [-0.15, -0.1) is 0 Å². The van der Waals surface area contributed by atoms with E-state index in [0.29, 0.717) is 11.3 Å². The van der Waals surface area contributed by atoms with E-state index in [1.54, 1.807) is 13.0 Å². The predicted octanol–water partition coefficient (Wildman–Crippen LogP) is 2.52. The predicted molar refractivity (Wildman–Crippen MR) is 80.3 cm³/mol. The van der Waals surface area contributed by atoms with Crippen LogP contribution in [0, 0.1) is 24.2 Å². The second-order valence-electron chi connectivity index (χ2n) is 6.04. The molecule has 0 amide bonds. The number of Topliss-reactive ketones (excluding diaryl/α,β-unsaturated/α-hetero) is 1. The van der Waals surface area contributed by atoms with E-state index in [1.165, 1.54) is 6.20 Å². The third-order valence-corrected chi connectivity index (χ3v) is 6.81. The van der Waals surface area contributed by atoms with Crippen LogP contribution >= 0.6 is 0 Å². The number of carbonyl (C=O) groups is 1. The van der Waals surface area contributed by atoms with Gasteiger partial charge in [-0.1, -0.05) is 6.42 Å². The van der Waals surface area contributed by atoms with E-state index in [2.05, 4.69) is 4.98 Å². The summed E-state index contributed by atoms with van der Waals surface area (Å²) in [5.41, 5.74) is 1.69. The van der Waals surface area contributed by atoms with E-state index in [0.717, 1.165) is 37.7 Å². The Morgan fingerprint density at radius 2 is 2.05 bits per heavy atom. The summed E-state index contributed by atoms with van der Waals surface area (Å²) in [7, 11) is -0.750. The van der Waals surface area contributed by atoms with E-state index >= 15 is 0 Å². The molecular weight excluding hydrogens is 284 g/mol. The molecule has 0 saturated carbocycles. The number of pyridine rings is 1. The van der Waals surface area contributed by atoms with Gasteiger partial charge in [-0.3, -0.25) is 9.00 Å². The maximum atomic E-state index is 12.7. The minimum atomic E-state index is -0.750. The number of carbonyl (C=O) groups excluding carboxylic acids is 1. The van der Waals surface area contributed by atoms with Crippen molar-refractivity contribution >= 4 is 16.6 Å². The van der Waals surface area contributed by atoms with Crippen LogP contribution in [0.4, 0.5) is 0 Å². The minimum absolute atomic E-state index is 0.0351.